The van der Waals surface area contributed by atoms with E-state index in [9.17, 15) is 19.5 Å². The van der Waals surface area contributed by atoms with Crippen LogP contribution in [-0.2, 0) is 14.3 Å². The first-order valence-electron chi connectivity index (χ1n) is 12.0. The van der Waals surface area contributed by atoms with Gasteiger partial charge in [-0.05, 0) is 54.4 Å². The summed E-state index contributed by atoms with van der Waals surface area (Å²) in [5.41, 5.74) is 3.49. The van der Waals surface area contributed by atoms with Crippen molar-refractivity contribution in [3.63, 3.8) is 0 Å². The maximum Gasteiger partial charge on any atom is 0.407 e. The molecule has 2 aromatic rings. The minimum Gasteiger partial charge on any atom is -0.481 e. The normalized spacial score (nSPS) is 17.5. The van der Waals surface area contributed by atoms with Crippen LogP contribution in [0.4, 0.5) is 4.79 Å². The highest BCUT2D eigenvalue weighted by Gasteiger charge is 2.37. The van der Waals surface area contributed by atoms with Gasteiger partial charge in [-0.2, -0.15) is 0 Å². The highest BCUT2D eigenvalue weighted by molar-refractivity contribution is 5.87. The summed E-state index contributed by atoms with van der Waals surface area (Å²) >= 11 is 0. The Morgan fingerprint density at radius 1 is 1.06 bits per heavy atom. The fourth-order valence-electron chi connectivity index (χ4n) is 4.68. The van der Waals surface area contributed by atoms with E-state index in [1.807, 2.05) is 24.3 Å². The zero-order chi connectivity index (χ0) is 24.3. The van der Waals surface area contributed by atoms with E-state index in [-0.39, 0.29) is 30.9 Å². The molecule has 3 N–H and O–H groups in total. The van der Waals surface area contributed by atoms with E-state index in [1.54, 1.807) is 13.8 Å². The molecule has 7 nitrogen and oxygen atoms in total. The molecule has 1 saturated carbocycles. The molecule has 0 saturated heterocycles. The summed E-state index contributed by atoms with van der Waals surface area (Å²) < 4.78 is 5.62. The number of carboxylic acid groups (broad SMARTS) is 1. The lowest BCUT2D eigenvalue weighted by Crippen LogP contribution is -2.54. The number of fused-ring (bicyclic) bond motifs is 3. The van der Waals surface area contributed by atoms with Gasteiger partial charge in [0.1, 0.15) is 12.6 Å². The molecular weight excluding hydrogens is 432 g/mol. The summed E-state index contributed by atoms with van der Waals surface area (Å²) in [6, 6.07) is 15.5. The van der Waals surface area contributed by atoms with Crippen LogP contribution in [0, 0.1) is 11.3 Å². The molecule has 2 aromatic carbocycles. The number of benzene rings is 2. The van der Waals surface area contributed by atoms with Crippen LogP contribution in [0.15, 0.2) is 48.5 Å². The highest BCUT2D eigenvalue weighted by Crippen LogP contribution is 2.44. The second-order valence-corrected chi connectivity index (χ2v) is 9.58. The summed E-state index contributed by atoms with van der Waals surface area (Å²) in [5.74, 6) is -1.35. The van der Waals surface area contributed by atoms with Gasteiger partial charge in [0.2, 0.25) is 5.91 Å². The quantitative estimate of drug-likeness (QED) is 0.513. The molecule has 2 aliphatic carbocycles. The zero-order valence-corrected chi connectivity index (χ0v) is 19.7. The van der Waals surface area contributed by atoms with E-state index in [2.05, 4.69) is 34.9 Å². The number of amides is 2. The van der Waals surface area contributed by atoms with Gasteiger partial charge in [0.25, 0.3) is 0 Å². The van der Waals surface area contributed by atoms with Gasteiger partial charge in [0, 0.05) is 12.5 Å². The Morgan fingerprint density at radius 3 is 2.15 bits per heavy atom. The first-order valence-corrected chi connectivity index (χ1v) is 12.0. The maximum absolute atomic E-state index is 12.9. The number of hydrogen-bond donors (Lipinski definition) is 3. The van der Waals surface area contributed by atoms with Crippen LogP contribution in [0.25, 0.3) is 11.1 Å². The molecular formula is C27H32N2O5. The number of carbonyl (C=O) groups is 3. The summed E-state index contributed by atoms with van der Waals surface area (Å²) in [5, 5.41) is 15.0. The highest BCUT2D eigenvalue weighted by atomic mass is 16.5. The monoisotopic (exact) mass is 464 g/mol. The molecule has 180 valence electrons. The predicted octanol–water partition coefficient (Wildman–Crippen LogP) is 4.31. The predicted molar refractivity (Wildman–Crippen MR) is 128 cm³/mol. The lowest BCUT2D eigenvalue weighted by atomic mass is 9.79. The van der Waals surface area contributed by atoms with Crippen LogP contribution < -0.4 is 10.6 Å². The van der Waals surface area contributed by atoms with Crippen molar-refractivity contribution in [3.05, 3.63) is 59.7 Å². The molecule has 0 aromatic heterocycles. The third kappa shape index (κ3) is 4.65. The topological polar surface area (TPSA) is 105 Å². The van der Waals surface area contributed by atoms with Gasteiger partial charge in [-0.15, -0.1) is 0 Å². The average molecular weight is 465 g/mol. The Bertz CT molecular complexity index is 1030. The molecule has 2 unspecified atom stereocenters. The fraction of sp³-hybridized carbons (Fsp3) is 0.444. The molecule has 34 heavy (non-hydrogen) atoms. The zero-order valence-electron chi connectivity index (χ0n) is 19.7. The van der Waals surface area contributed by atoms with Crippen molar-refractivity contribution >= 4 is 18.0 Å². The third-order valence-electron chi connectivity index (χ3n) is 7.47. The van der Waals surface area contributed by atoms with E-state index in [1.165, 1.54) is 0 Å². The van der Waals surface area contributed by atoms with Crippen LogP contribution in [0.2, 0.25) is 0 Å². The first-order chi connectivity index (χ1) is 16.3. The van der Waals surface area contributed by atoms with Gasteiger partial charge in [0.15, 0.2) is 0 Å². The Balaban J connectivity index is 1.40. The molecule has 0 heterocycles. The second kappa shape index (κ2) is 9.87. The standard InChI is InChI=1S/C27H32N2O5/c1-3-27(2,25(31)32)16-28-24(30)23(17-9-8-10-17)29-26(33)34-15-22-20-13-6-4-11-18(20)19-12-5-7-14-21(19)22/h4-7,11-14,17,22-23H,3,8-10,15-16H2,1-2H3,(H,28,30)(H,29,33)(H,31,32). The number of nitrogens with one attached hydrogen (secondary N) is 2. The van der Waals surface area contributed by atoms with E-state index in [0.717, 1.165) is 41.5 Å². The number of hydrogen-bond acceptors (Lipinski definition) is 4. The fourth-order valence-corrected chi connectivity index (χ4v) is 4.68. The number of rotatable bonds is 9. The molecule has 0 spiro atoms. The molecule has 2 atom stereocenters. The van der Waals surface area contributed by atoms with Crippen molar-refractivity contribution in [3.8, 4) is 11.1 Å². The van der Waals surface area contributed by atoms with Crippen molar-refractivity contribution in [1.82, 2.24) is 10.6 Å². The number of alkyl carbamates (subject to hydrolysis) is 1. The maximum atomic E-state index is 12.9. The largest absolute Gasteiger partial charge is 0.481 e. The number of aliphatic carboxylic acids is 1. The number of carboxylic acids is 1. The van der Waals surface area contributed by atoms with Crippen molar-refractivity contribution < 1.29 is 24.2 Å². The Morgan fingerprint density at radius 2 is 1.65 bits per heavy atom. The molecule has 0 radical (unpaired) electrons. The van der Waals surface area contributed by atoms with Crippen molar-refractivity contribution in [2.24, 2.45) is 11.3 Å². The van der Waals surface area contributed by atoms with Gasteiger partial charge in [-0.1, -0.05) is 61.9 Å². The van der Waals surface area contributed by atoms with Crippen molar-refractivity contribution in [2.45, 2.75) is 51.5 Å². The van der Waals surface area contributed by atoms with E-state index in [4.69, 9.17) is 4.74 Å². The van der Waals surface area contributed by atoms with Crippen LogP contribution in [0.3, 0.4) is 0 Å². The SMILES string of the molecule is CCC(C)(CNC(=O)C(NC(=O)OCC1c2ccccc2-c2ccccc21)C1CCC1)C(=O)O. The van der Waals surface area contributed by atoms with Gasteiger partial charge in [-0.3, -0.25) is 9.59 Å². The molecule has 2 amide bonds. The van der Waals surface area contributed by atoms with Crippen LogP contribution >= 0.6 is 0 Å². The Hall–Kier alpha value is -3.35. The average Bonchev–Trinajstić information content (AvgIpc) is 3.13. The Labute approximate surface area is 199 Å². The van der Waals surface area contributed by atoms with Crippen LogP contribution in [0.5, 0.6) is 0 Å². The molecule has 7 heteroatoms. The van der Waals surface area contributed by atoms with E-state index >= 15 is 0 Å². The molecule has 4 rings (SSSR count). The van der Waals surface area contributed by atoms with Gasteiger partial charge < -0.3 is 20.5 Å². The lowest BCUT2D eigenvalue weighted by molar-refractivity contribution is -0.148. The minimum absolute atomic E-state index is 0.00720. The first kappa shape index (κ1) is 23.8. The lowest BCUT2D eigenvalue weighted by Gasteiger charge is -2.34. The second-order valence-electron chi connectivity index (χ2n) is 9.58. The van der Waals surface area contributed by atoms with Gasteiger partial charge in [0.05, 0.1) is 5.41 Å². The summed E-state index contributed by atoms with van der Waals surface area (Å²) in [4.78, 5) is 37.2. The van der Waals surface area contributed by atoms with E-state index in [0.29, 0.717) is 6.42 Å². The van der Waals surface area contributed by atoms with Gasteiger partial charge in [-0.25, -0.2) is 4.79 Å². The summed E-state index contributed by atoms with van der Waals surface area (Å²) in [7, 11) is 0. The van der Waals surface area contributed by atoms with Crippen molar-refractivity contribution in [2.75, 3.05) is 13.2 Å². The molecule has 0 bridgehead atoms. The summed E-state index contributed by atoms with van der Waals surface area (Å²) in [6.45, 7) is 3.56. The smallest absolute Gasteiger partial charge is 0.407 e. The number of carbonyl (C=O) groups excluding carboxylic acids is 2. The molecule has 0 aliphatic heterocycles. The molecule has 2 aliphatic rings. The van der Waals surface area contributed by atoms with Crippen LogP contribution in [0.1, 0.15) is 56.6 Å². The van der Waals surface area contributed by atoms with E-state index < -0.39 is 23.5 Å². The molecule has 1 fully saturated rings. The Kier molecular flexibility index (Phi) is 6.91. The van der Waals surface area contributed by atoms with Gasteiger partial charge >= 0.3 is 12.1 Å². The van der Waals surface area contributed by atoms with Crippen molar-refractivity contribution in [1.29, 1.82) is 0 Å². The third-order valence-corrected chi connectivity index (χ3v) is 7.47. The number of ether oxygens (including phenoxy) is 1. The minimum atomic E-state index is -1.05. The van der Waals surface area contributed by atoms with Crippen LogP contribution in [-0.4, -0.2) is 42.3 Å². The summed E-state index contributed by atoms with van der Waals surface area (Å²) in [6.07, 6.45) is 2.43.